The number of cyclic esters (lactones) is 1. The van der Waals surface area contributed by atoms with Crippen LogP contribution in [0.25, 0.3) is 10.2 Å². The lowest BCUT2D eigenvalue weighted by atomic mass is 9.73. The number of ketones is 1. The van der Waals surface area contributed by atoms with Gasteiger partial charge in [-0.1, -0.05) is 39.8 Å². The molecule has 0 spiro atoms. The Balaban J connectivity index is 1.95. The summed E-state index contributed by atoms with van der Waals surface area (Å²) in [6.07, 6.45) is -1.52. The molecule has 0 amide bonds. The zero-order valence-electron chi connectivity index (χ0n) is 21.4. The van der Waals surface area contributed by atoms with E-state index in [4.69, 9.17) is 9.47 Å². The van der Waals surface area contributed by atoms with Crippen LogP contribution in [0.15, 0.2) is 29.8 Å². The molecule has 0 radical (unpaired) electrons. The second-order valence-electron chi connectivity index (χ2n) is 10.1. The van der Waals surface area contributed by atoms with Gasteiger partial charge in [0.2, 0.25) is 0 Å². The fourth-order valence-electron chi connectivity index (χ4n) is 4.37. The molecule has 36 heavy (non-hydrogen) atoms. The van der Waals surface area contributed by atoms with Crippen LogP contribution in [0.2, 0.25) is 0 Å². The number of aromatic nitrogens is 1. The molecule has 0 fully saturated rings. The number of esters is 1. The van der Waals surface area contributed by atoms with Crippen molar-refractivity contribution in [2.45, 2.75) is 65.8 Å². The minimum atomic E-state index is -1.30. The number of thiazole rings is 1. The lowest BCUT2D eigenvalue weighted by Crippen LogP contribution is -2.46. The van der Waals surface area contributed by atoms with Crippen molar-refractivity contribution in [3.63, 3.8) is 0 Å². The highest BCUT2D eigenvalue weighted by Crippen LogP contribution is 2.33. The Hall–Kier alpha value is -2.64. The normalized spacial score (nSPS) is 30.3. The van der Waals surface area contributed by atoms with Crippen molar-refractivity contribution in [1.82, 2.24) is 4.98 Å². The van der Waals surface area contributed by atoms with Crippen LogP contribution in [-0.2, 0) is 19.1 Å². The number of aryl methyl sites for hydroxylation is 1. The molecule has 2 heterocycles. The first kappa shape index (κ1) is 27.9. The summed E-state index contributed by atoms with van der Waals surface area (Å²) in [5, 5.41) is 32.0. The van der Waals surface area contributed by atoms with Crippen LogP contribution in [0.1, 0.15) is 57.2 Å². The average molecular weight is 515 g/mol. The Morgan fingerprint density at radius 1 is 1.22 bits per heavy atom. The van der Waals surface area contributed by atoms with Gasteiger partial charge in [-0.15, -0.1) is 11.3 Å². The fourth-order valence-corrected chi connectivity index (χ4v) is 5.18. The molecule has 0 saturated heterocycles. The van der Waals surface area contributed by atoms with Crippen molar-refractivity contribution in [3.05, 3.63) is 40.4 Å². The number of fused-ring (bicyclic) bond motifs is 1. The number of rotatable bonds is 1. The number of carbonyl (C=O) groups is 2. The predicted molar refractivity (Wildman–Crippen MR) is 136 cm³/mol. The van der Waals surface area contributed by atoms with Crippen LogP contribution < -0.4 is 0 Å². The number of hydrogen-bond donors (Lipinski definition) is 2. The van der Waals surface area contributed by atoms with Crippen LogP contribution >= 0.6 is 11.3 Å². The van der Waals surface area contributed by atoms with E-state index < -0.39 is 35.6 Å². The van der Waals surface area contributed by atoms with Crippen molar-refractivity contribution in [2.75, 3.05) is 13.2 Å². The topological polar surface area (TPSA) is 130 Å². The number of nitriles is 1. The average Bonchev–Trinajstić information content (AvgIpc) is 3.22. The standard InChI is InChI=1S/C27H34N2O6S/c1-15-13-34-14-18(12-28)6-8-21(19-7-9-22-20(10-19)29-17(3)36-22)35-24(31)11-23(30)27(4,5)26(33)16(2)25(15)32/h6-7,9-10,15-16,21,23,25,30,32H,8,11,13-14H2,1-5H3/b18-6-/t15-,16-,21-,23-,25-/m0/s1. The quantitative estimate of drug-likeness (QED) is 0.546. The molecule has 0 bridgehead atoms. The summed E-state index contributed by atoms with van der Waals surface area (Å²) in [6, 6.07) is 7.76. The van der Waals surface area contributed by atoms with Crippen molar-refractivity contribution in [3.8, 4) is 6.07 Å². The van der Waals surface area contributed by atoms with Gasteiger partial charge in [0.15, 0.2) is 0 Å². The summed E-state index contributed by atoms with van der Waals surface area (Å²) >= 11 is 1.57. The molecule has 1 aromatic heterocycles. The maximum Gasteiger partial charge on any atom is 0.309 e. The molecule has 0 aliphatic carbocycles. The maximum absolute atomic E-state index is 13.2. The Labute approximate surface area is 215 Å². The number of ether oxygens (including phenoxy) is 2. The highest BCUT2D eigenvalue weighted by atomic mass is 32.1. The van der Waals surface area contributed by atoms with Gasteiger partial charge in [0, 0.05) is 18.3 Å². The van der Waals surface area contributed by atoms with Gasteiger partial charge in [0.05, 0.1) is 64.1 Å². The van der Waals surface area contributed by atoms with Crippen molar-refractivity contribution < 1.29 is 29.3 Å². The zero-order chi connectivity index (χ0) is 26.6. The summed E-state index contributed by atoms with van der Waals surface area (Å²) in [6.45, 7) is 8.61. The molecule has 1 aliphatic heterocycles. The molecule has 0 unspecified atom stereocenters. The molecule has 2 aromatic rings. The van der Waals surface area contributed by atoms with E-state index in [9.17, 15) is 25.1 Å². The molecular formula is C27H34N2O6S. The van der Waals surface area contributed by atoms with E-state index in [2.05, 4.69) is 11.1 Å². The van der Waals surface area contributed by atoms with Gasteiger partial charge in [0.1, 0.15) is 11.9 Å². The molecule has 1 aliphatic rings. The summed E-state index contributed by atoms with van der Waals surface area (Å²) in [5.74, 6) is -2.19. The fraction of sp³-hybridized carbons (Fsp3) is 0.556. The first-order valence-electron chi connectivity index (χ1n) is 12.1. The Morgan fingerprint density at radius 2 is 1.94 bits per heavy atom. The second kappa shape index (κ2) is 11.6. The molecule has 9 heteroatoms. The van der Waals surface area contributed by atoms with E-state index in [1.807, 2.05) is 25.1 Å². The molecule has 1 aromatic carbocycles. The Bertz CT molecular complexity index is 1180. The van der Waals surface area contributed by atoms with E-state index in [0.29, 0.717) is 11.1 Å². The van der Waals surface area contributed by atoms with Crippen LogP contribution in [0, 0.1) is 35.5 Å². The van der Waals surface area contributed by atoms with Crippen LogP contribution in [0.5, 0.6) is 0 Å². The smallest absolute Gasteiger partial charge is 0.309 e. The third-order valence-electron chi connectivity index (χ3n) is 6.86. The summed E-state index contributed by atoms with van der Waals surface area (Å²) in [7, 11) is 0. The number of carbonyl (C=O) groups excluding carboxylic acids is 2. The molecule has 3 rings (SSSR count). The third-order valence-corrected chi connectivity index (χ3v) is 7.81. The Kier molecular flexibility index (Phi) is 9.01. The molecule has 2 N–H and O–H groups in total. The Morgan fingerprint density at radius 3 is 2.64 bits per heavy atom. The van der Waals surface area contributed by atoms with Gasteiger partial charge in [-0.25, -0.2) is 4.98 Å². The number of benzene rings is 1. The zero-order valence-corrected chi connectivity index (χ0v) is 22.2. The van der Waals surface area contributed by atoms with Crippen molar-refractivity contribution in [2.24, 2.45) is 17.3 Å². The van der Waals surface area contributed by atoms with E-state index in [1.54, 1.807) is 45.1 Å². The number of hydrogen-bond acceptors (Lipinski definition) is 9. The molecule has 194 valence electrons. The van der Waals surface area contributed by atoms with Gasteiger partial charge in [0.25, 0.3) is 0 Å². The number of aliphatic hydroxyl groups is 2. The van der Waals surface area contributed by atoms with E-state index in [1.165, 1.54) is 0 Å². The van der Waals surface area contributed by atoms with E-state index in [0.717, 1.165) is 15.2 Å². The highest BCUT2D eigenvalue weighted by molar-refractivity contribution is 7.18. The summed E-state index contributed by atoms with van der Waals surface area (Å²) < 4.78 is 12.5. The minimum Gasteiger partial charge on any atom is -0.457 e. The number of nitrogens with zero attached hydrogens (tertiary/aromatic N) is 2. The first-order valence-corrected chi connectivity index (χ1v) is 12.9. The second-order valence-corrected chi connectivity index (χ2v) is 11.3. The van der Waals surface area contributed by atoms with Crippen LogP contribution in [0.4, 0.5) is 0 Å². The van der Waals surface area contributed by atoms with Gasteiger partial charge in [-0.2, -0.15) is 5.26 Å². The lowest BCUT2D eigenvalue weighted by molar-refractivity contribution is -0.156. The lowest BCUT2D eigenvalue weighted by Gasteiger charge is -2.34. The van der Waals surface area contributed by atoms with Crippen LogP contribution in [-0.4, -0.2) is 52.4 Å². The minimum absolute atomic E-state index is 0.0328. The maximum atomic E-state index is 13.2. The first-order chi connectivity index (χ1) is 16.9. The van der Waals surface area contributed by atoms with E-state index in [-0.39, 0.29) is 37.8 Å². The van der Waals surface area contributed by atoms with Gasteiger partial charge in [-0.05, 0) is 24.6 Å². The van der Waals surface area contributed by atoms with Gasteiger partial charge < -0.3 is 19.7 Å². The molecule has 5 atom stereocenters. The number of Topliss-reactive ketones (excluding diaryl/α,β-unsaturated/α-hetero) is 1. The third kappa shape index (κ3) is 6.37. The van der Waals surface area contributed by atoms with Crippen molar-refractivity contribution in [1.29, 1.82) is 5.26 Å². The molecule has 8 nitrogen and oxygen atoms in total. The molecule has 0 saturated carbocycles. The highest BCUT2D eigenvalue weighted by Gasteiger charge is 2.42. The SMILES string of the molecule is Cc1nc2cc([C@@H]3C/C=C(/C#N)COC[C@H](C)[C@H](O)[C@H](C)C(=O)C(C)(C)[C@@H](O)CC(=O)O3)ccc2s1. The van der Waals surface area contributed by atoms with Crippen molar-refractivity contribution >= 4 is 33.3 Å². The monoisotopic (exact) mass is 514 g/mol. The van der Waals surface area contributed by atoms with Gasteiger partial charge >= 0.3 is 5.97 Å². The van der Waals surface area contributed by atoms with Crippen LogP contribution in [0.3, 0.4) is 0 Å². The van der Waals surface area contributed by atoms with Gasteiger partial charge in [-0.3, -0.25) is 9.59 Å². The summed E-state index contributed by atoms with van der Waals surface area (Å²) in [5.41, 5.74) is 0.587. The summed E-state index contributed by atoms with van der Waals surface area (Å²) in [4.78, 5) is 30.6. The predicted octanol–water partition coefficient (Wildman–Crippen LogP) is 4.04. The largest absolute Gasteiger partial charge is 0.457 e. The molecular weight excluding hydrogens is 480 g/mol. The number of aliphatic hydroxyl groups excluding tert-OH is 2. The van der Waals surface area contributed by atoms with E-state index >= 15 is 0 Å².